The number of aliphatic imine (C=N–C) groups is 1. The summed E-state index contributed by atoms with van der Waals surface area (Å²) >= 11 is 9.47. The number of hydrogen-bond donors (Lipinski definition) is 0. The highest BCUT2D eigenvalue weighted by atomic mass is 35.5. The first-order valence-corrected chi connectivity index (χ1v) is 2.24. The van der Waals surface area contributed by atoms with E-state index in [9.17, 15) is 0 Å². The zero-order chi connectivity index (χ0) is 4.99. The van der Waals surface area contributed by atoms with E-state index in [-0.39, 0.29) is 4.45 Å². The van der Waals surface area contributed by atoms with E-state index in [0.29, 0.717) is 0 Å². The summed E-state index contributed by atoms with van der Waals surface area (Å²) in [5, 5.41) is 0. The third-order valence-corrected chi connectivity index (χ3v) is 0.434. The highest BCUT2D eigenvalue weighted by molar-refractivity contribution is 7.83. The van der Waals surface area contributed by atoms with Crippen LogP contribution in [-0.2, 0) is 0 Å². The predicted octanol–water partition coefficient (Wildman–Crippen LogP) is 1.60. The van der Waals surface area contributed by atoms with Crippen LogP contribution in [0, 0.1) is 0 Å². The quantitative estimate of drug-likeness (QED) is 0.205. The first-order valence-electron chi connectivity index (χ1n) is 1.45. The van der Waals surface area contributed by atoms with Crippen molar-refractivity contribution >= 4 is 34.5 Å². The van der Waals surface area contributed by atoms with Crippen LogP contribution in [0.1, 0.15) is 6.92 Å². The van der Waals surface area contributed by atoms with Gasteiger partial charge in [0.1, 0.15) is 0 Å². The summed E-state index contributed by atoms with van der Waals surface area (Å²) < 4.78 is 0.164. The normalized spacial score (nSPS) is 9.67. The van der Waals surface area contributed by atoms with Crippen LogP contribution >= 0.6 is 23.8 Å². The molecule has 0 saturated heterocycles. The molecule has 6 heavy (non-hydrogen) atoms. The van der Waals surface area contributed by atoms with Gasteiger partial charge in [-0.2, -0.15) is 0 Å². The van der Waals surface area contributed by atoms with Gasteiger partial charge in [-0.05, 0) is 30.7 Å². The highest BCUT2D eigenvalue weighted by Gasteiger charge is 1.71. The Labute approximate surface area is 47.0 Å². The molecule has 0 aromatic rings. The molecule has 0 aliphatic heterocycles. The van der Waals surface area contributed by atoms with Crippen molar-refractivity contribution in [2.45, 2.75) is 6.92 Å². The highest BCUT2D eigenvalue weighted by Crippen LogP contribution is 1.82. The van der Waals surface area contributed by atoms with E-state index in [2.05, 4.69) is 17.2 Å². The first-order chi connectivity index (χ1) is 2.77. The van der Waals surface area contributed by atoms with Crippen LogP contribution in [0.15, 0.2) is 4.99 Å². The van der Waals surface area contributed by atoms with Crippen molar-refractivity contribution in [3.8, 4) is 0 Å². The molecule has 0 aliphatic carbocycles. The molecule has 0 heterocycles. The molecule has 0 N–H and O–H groups in total. The maximum atomic E-state index is 5.11. The smallest absolute Gasteiger partial charge is 0.193 e. The van der Waals surface area contributed by atoms with Crippen molar-refractivity contribution in [1.29, 1.82) is 0 Å². The van der Waals surface area contributed by atoms with Crippen molar-refractivity contribution in [2.24, 2.45) is 4.99 Å². The molecule has 1 nitrogen and oxygen atoms in total. The largest absolute Gasteiger partial charge is 0.238 e. The molecule has 0 unspecified atom stereocenters. The Hall–Kier alpha value is 0.0500. The lowest BCUT2D eigenvalue weighted by Gasteiger charge is -1.70. The van der Waals surface area contributed by atoms with Gasteiger partial charge < -0.3 is 0 Å². The predicted molar refractivity (Wildman–Crippen MR) is 32.6 cm³/mol. The average molecular weight is 122 g/mol. The summed E-state index contributed by atoms with van der Waals surface area (Å²) in [5.41, 5.74) is 0. The monoisotopic (exact) mass is 121 g/mol. The molecule has 0 spiro atoms. The first kappa shape index (κ1) is 6.05. The minimum Gasteiger partial charge on any atom is -0.238 e. The molecule has 0 fully saturated rings. The van der Waals surface area contributed by atoms with E-state index >= 15 is 0 Å². The Balaban J connectivity index is 3.30. The summed E-state index contributed by atoms with van der Waals surface area (Å²) in [5.74, 6) is 0. The molecular weight excluding hydrogens is 118 g/mol. The molecule has 0 aromatic carbocycles. The van der Waals surface area contributed by atoms with Crippen LogP contribution < -0.4 is 0 Å². The standard InChI is InChI=1S/C3H4ClNS/c1-2-5-3(4)6/h2H,1H3. The third-order valence-electron chi connectivity index (χ3n) is 0.231. The van der Waals surface area contributed by atoms with Gasteiger partial charge in [0.05, 0.1) is 0 Å². The lowest BCUT2D eigenvalue weighted by molar-refractivity contribution is 1.80. The summed E-state index contributed by atoms with van der Waals surface area (Å²) in [4.78, 5) is 3.50. The van der Waals surface area contributed by atoms with Gasteiger partial charge in [-0.3, -0.25) is 0 Å². The maximum absolute atomic E-state index is 5.11. The fraction of sp³-hybridized carbons (Fsp3) is 0.333. The molecule has 0 aliphatic rings. The number of hydrogen-bond acceptors (Lipinski definition) is 1. The molecule has 0 rings (SSSR count). The van der Waals surface area contributed by atoms with Crippen LogP contribution in [-0.4, -0.2) is 10.7 Å². The van der Waals surface area contributed by atoms with Crippen molar-refractivity contribution in [2.75, 3.05) is 0 Å². The summed E-state index contributed by atoms with van der Waals surface area (Å²) in [6.45, 7) is 1.76. The molecule has 0 radical (unpaired) electrons. The van der Waals surface area contributed by atoms with E-state index in [0.717, 1.165) is 0 Å². The van der Waals surface area contributed by atoms with Crippen molar-refractivity contribution in [3.05, 3.63) is 0 Å². The topological polar surface area (TPSA) is 12.4 Å². The summed E-state index contributed by atoms with van der Waals surface area (Å²) in [6, 6.07) is 0. The number of thiocarbonyl (C=S) groups is 1. The van der Waals surface area contributed by atoms with Gasteiger partial charge in [0.15, 0.2) is 4.45 Å². The van der Waals surface area contributed by atoms with E-state index in [1.54, 1.807) is 13.1 Å². The summed E-state index contributed by atoms with van der Waals surface area (Å²) in [7, 11) is 0. The van der Waals surface area contributed by atoms with E-state index in [4.69, 9.17) is 11.6 Å². The Morgan fingerprint density at radius 3 is 2.50 bits per heavy atom. The Morgan fingerprint density at radius 2 is 2.50 bits per heavy atom. The average Bonchev–Trinajstić information content (AvgIpc) is 1.35. The van der Waals surface area contributed by atoms with Gasteiger partial charge in [-0.25, -0.2) is 4.99 Å². The van der Waals surface area contributed by atoms with Crippen molar-refractivity contribution in [3.63, 3.8) is 0 Å². The Bertz CT molecular complexity index is 78.9. The molecular formula is C3H4ClNS. The zero-order valence-corrected chi connectivity index (χ0v) is 4.88. The van der Waals surface area contributed by atoms with Crippen LogP contribution in [0.5, 0.6) is 0 Å². The Kier molecular flexibility index (Phi) is 3.28. The van der Waals surface area contributed by atoms with E-state index in [1.807, 2.05) is 0 Å². The molecule has 0 atom stereocenters. The number of halogens is 1. The maximum Gasteiger partial charge on any atom is 0.193 e. The number of nitrogens with zero attached hydrogens (tertiary/aromatic N) is 1. The minimum atomic E-state index is 0.164. The van der Waals surface area contributed by atoms with Gasteiger partial charge in [-0.1, -0.05) is 0 Å². The van der Waals surface area contributed by atoms with E-state index < -0.39 is 0 Å². The van der Waals surface area contributed by atoms with Gasteiger partial charge in [0.25, 0.3) is 0 Å². The second kappa shape index (κ2) is 3.25. The lowest BCUT2D eigenvalue weighted by atomic mass is 10.9. The van der Waals surface area contributed by atoms with Gasteiger partial charge >= 0.3 is 0 Å². The summed E-state index contributed by atoms with van der Waals surface area (Å²) in [6.07, 6.45) is 1.55. The fourth-order valence-electron chi connectivity index (χ4n) is 0.101. The molecule has 34 valence electrons. The molecule has 0 saturated carbocycles. The SMILES string of the molecule is CC=NC(=S)Cl. The number of rotatable bonds is 0. The molecule has 0 amide bonds. The molecule has 0 bridgehead atoms. The second-order valence-electron chi connectivity index (χ2n) is 0.640. The van der Waals surface area contributed by atoms with Gasteiger partial charge in [0, 0.05) is 6.21 Å². The van der Waals surface area contributed by atoms with E-state index in [1.165, 1.54) is 0 Å². The van der Waals surface area contributed by atoms with Crippen LogP contribution in [0.25, 0.3) is 0 Å². The zero-order valence-electron chi connectivity index (χ0n) is 3.31. The second-order valence-corrected chi connectivity index (χ2v) is 1.61. The van der Waals surface area contributed by atoms with Crippen LogP contribution in [0.3, 0.4) is 0 Å². The Morgan fingerprint density at radius 1 is 2.00 bits per heavy atom. The van der Waals surface area contributed by atoms with Crippen LogP contribution in [0.4, 0.5) is 0 Å². The molecule has 0 aromatic heterocycles. The minimum absolute atomic E-state index is 0.164. The van der Waals surface area contributed by atoms with Crippen molar-refractivity contribution in [1.82, 2.24) is 0 Å². The van der Waals surface area contributed by atoms with Crippen LogP contribution in [0.2, 0.25) is 0 Å². The fourth-order valence-corrected chi connectivity index (χ4v) is 0.304. The third kappa shape index (κ3) is 4.05. The molecule has 3 heteroatoms. The van der Waals surface area contributed by atoms with Gasteiger partial charge in [0.2, 0.25) is 0 Å². The van der Waals surface area contributed by atoms with Gasteiger partial charge in [-0.15, -0.1) is 0 Å². The lowest BCUT2D eigenvalue weighted by Crippen LogP contribution is -1.69. The van der Waals surface area contributed by atoms with Crippen molar-refractivity contribution < 1.29 is 0 Å².